The zero-order chi connectivity index (χ0) is 17.4. The highest BCUT2D eigenvalue weighted by molar-refractivity contribution is 5.97. The van der Waals surface area contributed by atoms with Crippen LogP contribution in [0.1, 0.15) is 19.3 Å². The van der Waals surface area contributed by atoms with Crippen LogP contribution in [0.25, 0.3) is 0 Å². The van der Waals surface area contributed by atoms with Crippen LogP contribution >= 0.6 is 0 Å². The number of carbonyl (C=O) groups is 3. The van der Waals surface area contributed by atoms with Crippen LogP contribution < -0.4 is 5.32 Å². The van der Waals surface area contributed by atoms with Crippen molar-refractivity contribution in [3.63, 3.8) is 0 Å². The molecule has 3 amide bonds. The van der Waals surface area contributed by atoms with Gasteiger partial charge in [-0.2, -0.15) is 5.26 Å². The van der Waals surface area contributed by atoms with Crippen molar-refractivity contribution in [3.8, 4) is 6.07 Å². The van der Waals surface area contributed by atoms with Crippen LogP contribution in [-0.4, -0.2) is 78.7 Å². The standard InChI is InChI=1S/C16H23N5O3/c17-11-14(12-19-7-9-20(13-22)10-8-19)16(24)18-4-2-6-21-5-1-3-15(21)23/h12-13H,1-10H2,(H,18,24)/b14-12-. The molecule has 0 bridgehead atoms. The van der Waals surface area contributed by atoms with Gasteiger partial charge in [-0.05, 0) is 12.8 Å². The average molecular weight is 333 g/mol. The van der Waals surface area contributed by atoms with Crippen molar-refractivity contribution in [3.05, 3.63) is 11.8 Å². The number of nitrogens with zero attached hydrogens (tertiary/aromatic N) is 4. The van der Waals surface area contributed by atoms with Crippen molar-refractivity contribution in [2.24, 2.45) is 0 Å². The Morgan fingerprint density at radius 3 is 2.50 bits per heavy atom. The summed E-state index contributed by atoms with van der Waals surface area (Å²) in [5.74, 6) is -0.225. The molecule has 0 spiro atoms. The molecule has 0 aliphatic carbocycles. The van der Waals surface area contributed by atoms with Gasteiger partial charge in [0.1, 0.15) is 11.6 Å². The molecule has 0 radical (unpaired) electrons. The summed E-state index contributed by atoms with van der Waals surface area (Å²) >= 11 is 0. The number of nitriles is 1. The van der Waals surface area contributed by atoms with Gasteiger partial charge in [0, 0.05) is 58.4 Å². The number of amides is 3. The van der Waals surface area contributed by atoms with Crippen LogP contribution in [0, 0.1) is 11.3 Å². The van der Waals surface area contributed by atoms with E-state index in [1.807, 2.05) is 11.0 Å². The number of carbonyl (C=O) groups excluding carboxylic acids is 3. The fourth-order valence-corrected chi connectivity index (χ4v) is 2.80. The molecule has 2 heterocycles. The predicted molar refractivity (Wildman–Crippen MR) is 86.3 cm³/mol. The Labute approximate surface area is 141 Å². The Kier molecular flexibility index (Phi) is 6.61. The van der Waals surface area contributed by atoms with Gasteiger partial charge in [0.2, 0.25) is 12.3 Å². The van der Waals surface area contributed by atoms with E-state index in [0.717, 1.165) is 19.4 Å². The minimum Gasteiger partial charge on any atom is -0.373 e. The Hall–Kier alpha value is -2.56. The maximum Gasteiger partial charge on any atom is 0.263 e. The first kappa shape index (κ1) is 17.8. The van der Waals surface area contributed by atoms with E-state index in [1.165, 1.54) is 0 Å². The number of nitrogens with one attached hydrogen (secondary N) is 1. The van der Waals surface area contributed by atoms with E-state index in [-0.39, 0.29) is 11.5 Å². The number of hydrogen-bond donors (Lipinski definition) is 1. The molecule has 8 heteroatoms. The molecule has 130 valence electrons. The Bertz CT molecular complexity index is 546. The molecular formula is C16H23N5O3. The Morgan fingerprint density at radius 2 is 1.92 bits per heavy atom. The van der Waals surface area contributed by atoms with Crippen molar-refractivity contribution < 1.29 is 14.4 Å². The zero-order valence-corrected chi connectivity index (χ0v) is 13.7. The first-order chi connectivity index (χ1) is 11.6. The first-order valence-electron chi connectivity index (χ1n) is 8.25. The number of rotatable bonds is 7. The minimum absolute atomic E-state index is 0.0619. The maximum absolute atomic E-state index is 12.1. The molecule has 8 nitrogen and oxygen atoms in total. The van der Waals surface area contributed by atoms with Crippen molar-refractivity contribution in [1.29, 1.82) is 5.26 Å². The van der Waals surface area contributed by atoms with E-state index in [0.29, 0.717) is 52.1 Å². The highest BCUT2D eigenvalue weighted by atomic mass is 16.2. The topological polar surface area (TPSA) is 96.8 Å². The van der Waals surface area contributed by atoms with Crippen LogP contribution in [0.5, 0.6) is 0 Å². The molecule has 2 aliphatic rings. The smallest absolute Gasteiger partial charge is 0.263 e. The van der Waals surface area contributed by atoms with Crippen molar-refractivity contribution in [1.82, 2.24) is 20.0 Å². The molecule has 2 rings (SSSR count). The largest absolute Gasteiger partial charge is 0.373 e. The van der Waals surface area contributed by atoms with Crippen LogP contribution in [-0.2, 0) is 14.4 Å². The van der Waals surface area contributed by atoms with Gasteiger partial charge in [0.15, 0.2) is 0 Å². The first-order valence-corrected chi connectivity index (χ1v) is 8.25. The molecule has 2 fully saturated rings. The van der Waals surface area contributed by atoms with Gasteiger partial charge in [0.05, 0.1) is 0 Å². The van der Waals surface area contributed by atoms with Gasteiger partial charge in [-0.3, -0.25) is 14.4 Å². The lowest BCUT2D eigenvalue weighted by atomic mass is 10.2. The molecule has 0 aromatic heterocycles. The van der Waals surface area contributed by atoms with Gasteiger partial charge >= 0.3 is 0 Å². The average Bonchev–Trinajstić information content (AvgIpc) is 3.02. The van der Waals surface area contributed by atoms with Crippen molar-refractivity contribution in [2.75, 3.05) is 45.8 Å². The highest BCUT2D eigenvalue weighted by Crippen LogP contribution is 2.09. The Morgan fingerprint density at radius 1 is 1.21 bits per heavy atom. The number of likely N-dealkylation sites (tertiary alicyclic amines) is 1. The lowest BCUT2D eigenvalue weighted by molar-refractivity contribution is -0.127. The molecule has 2 aliphatic heterocycles. The van der Waals surface area contributed by atoms with Gasteiger partial charge < -0.3 is 20.0 Å². The quantitative estimate of drug-likeness (QED) is 0.287. The van der Waals surface area contributed by atoms with Crippen LogP contribution in [0.4, 0.5) is 0 Å². The fraction of sp³-hybridized carbons (Fsp3) is 0.625. The summed E-state index contributed by atoms with van der Waals surface area (Å²) in [5, 5.41) is 11.9. The summed E-state index contributed by atoms with van der Waals surface area (Å²) in [6.07, 6.45) is 4.56. The zero-order valence-electron chi connectivity index (χ0n) is 13.7. The fourth-order valence-electron chi connectivity index (χ4n) is 2.80. The monoisotopic (exact) mass is 333 g/mol. The van der Waals surface area contributed by atoms with E-state index in [4.69, 9.17) is 5.26 Å². The maximum atomic E-state index is 12.1. The molecular weight excluding hydrogens is 310 g/mol. The summed E-state index contributed by atoms with van der Waals surface area (Å²) in [4.78, 5) is 39.5. The molecule has 0 unspecified atom stereocenters. The summed E-state index contributed by atoms with van der Waals surface area (Å²) in [6.45, 7) is 4.25. The van der Waals surface area contributed by atoms with Gasteiger partial charge in [-0.1, -0.05) is 0 Å². The van der Waals surface area contributed by atoms with Crippen LogP contribution in [0.3, 0.4) is 0 Å². The number of piperazine rings is 1. The summed E-state index contributed by atoms with van der Waals surface area (Å²) < 4.78 is 0. The minimum atomic E-state index is -0.400. The molecule has 0 aromatic rings. The van der Waals surface area contributed by atoms with Gasteiger partial charge in [-0.25, -0.2) is 0 Å². The van der Waals surface area contributed by atoms with E-state index in [1.54, 1.807) is 16.0 Å². The van der Waals surface area contributed by atoms with E-state index >= 15 is 0 Å². The van der Waals surface area contributed by atoms with Crippen LogP contribution in [0.2, 0.25) is 0 Å². The third-order valence-corrected chi connectivity index (χ3v) is 4.24. The molecule has 0 aromatic carbocycles. The SMILES string of the molecule is N#C/C(=C/N1CCN(C=O)CC1)C(=O)NCCCN1CCCC1=O. The Balaban J connectivity index is 1.73. The molecule has 0 atom stereocenters. The van der Waals surface area contributed by atoms with Crippen molar-refractivity contribution in [2.45, 2.75) is 19.3 Å². The third kappa shape index (κ3) is 4.98. The van der Waals surface area contributed by atoms with Crippen molar-refractivity contribution >= 4 is 18.2 Å². The van der Waals surface area contributed by atoms with E-state index in [2.05, 4.69) is 5.32 Å². The van der Waals surface area contributed by atoms with Crippen LogP contribution in [0.15, 0.2) is 11.8 Å². The lowest BCUT2D eigenvalue weighted by Gasteiger charge is -2.31. The summed E-state index contributed by atoms with van der Waals surface area (Å²) in [5.41, 5.74) is 0.0619. The molecule has 0 saturated carbocycles. The van der Waals surface area contributed by atoms with Gasteiger partial charge in [-0.15, -0.1) is 0 Å². The van der Waals surface area contributed by atoms with E-state index in [9.17, 15) is 14.4 Å². The van der Waals surface area contributed by atoms with Gasteiger partial charge in [0.25, 0.3) is 5.91 Å². The second kappa shape index (κ2) is 8.91. The van der Waals surface area contributed by atoms with E-state index < -0.39 is 5.91 Å². The highest BCUT2D eigenvalue weighted by Gasteiger charge is 2.19. The third-order valence-electron chi connectivity index (χ3n) is 4.24. The normalized spacial score (nSPS) is 18.5. The molecule has 1 N–H and O–H groups in total. The second-order valence-electron chi connectivity index (χ2n) is 5.93. The second-order valence-corrected chi connectivity index (χ2v) is 5.93. The number of hydrogen-bond acceptors (Lipinski definition) is 5. The summed E-state index contributed by atoms with van der Waals surface area (Å²) in [6, 6.07) is 1.92. The lowest BCUT2D eigenvalue weighted by Crippen LogP contribution is -2.43. The summed E-state index contributed by atoms with van der Waals surface area (Å²) in [7, 11) is 0. The molecule has 2 saturated heterocycles. The predicted octanol–water partition coefficient (Wildman–Crippen LogP) is -0.703. The molecule has 24 heavy (non-hydrogen) atoms.